The van der Waals surface area contributed by atoms with Gasteiger partial charge in [-0.2, -0.15) is 0 Å². The zero-order valence-corrected chi connectivity index (χ0v) is 20.7. The van der Waals surface area contributed by atoms with Crippen LogP contribution in [-0.4, -0.2) is 42.5 Å². The van der Waals surface area contributed by atoms with Gasteiger partial charge in [-0.3, -0.25) is 9.59 Å². The summed E-state index contributed by atoms with van der Waals surface area (Å²) in [6, 6.07) is 11.2. The minimum absolute atomic E-state index is 0.0291. The summed E-state index contributed by atoms with van der Waals surface area (Å²) in [5.74, 6) is 0.456. The van der Waals surface area contributed by atoms with E-state index in [2.05, 4.69) is 5.32 Å². The lowest BCUT2D eigenvalue weighted by Crippen LogP contribution is -2.48. The van der Waals surface area contributed by atoms with E-state index in [4.69, 9.17) is 9.47 Å². The first kappa shape index (κ1) is 27.2. The van der Waals surface area contributed by atoms with E-state index in [-0.39, 0.29) is 24.8 Å². The third-order valence-corrected chi connectivity index (χ3v) is 5.53. The highest BCUT2D eigenvalue weighted by Gasteiger charge is 2.26. The molecule has 1 N–H and O–H groups in total. The molecule has 0 spiro atoms. The van der Waals surface area contributed by atoms with Crippen LogP contribution in [0.3, 0.4) is 0 Å². The summed E-state index contributed by atoms with van der Waals surface area (Å²) in [5, 5.41) is 2.88. The first-order chi connectivity index (χ1) is 16.4. The van der Waals surface area contributed by atoms with Crippen LogP contribution in [0.4, 0.5) is 4.39 Å². The topological polar surface area (TPSA) is 67.9 Å². The highest BCUT2D eigenvalue weighted by molar-refractivity contribution is 5.87. The second kappa shape index (κ2) is 14.2. The molecule has 2 rings (SSSR count). The molecule has 2 aromatic carbocycles. The summed E-state index contributed by atoms with van der Waals surface area (Å²) in [7, 11) is 0. The van der Waals surface area contributed by atoms with Gasteiger partial charge in [-0.15, -0.1) is 0 Å². The van der Waals surface area contributed by atoms with Crippen LogP contribution in [0, 0.1) is 5.82 Å². The van der Waals surface area contributed by atoms with Crippen molar-refractivity contribution in [3.8, 4) is 11.5 Å². The molecule has 0 unspecified atom stereocenters. The number of hydrogen-bond donors (Lipinski definition) is 1. The molecular weight excluding hydrogens is 435 g/mol. The maximum absolute atomic E-state index is 14.3. The van der Waals surface area contributed by atoms with Gasteiger partial charge in [-0.05, 0) is 57.4 Å². The number of aryl methyl sites for hydroxylation is 1. The fraction of sp³-hybridized carbons (Fsp3) is 0.481. The fourth-order valence-corrected chi connectivity index (χ4v) is 3.57. The van der Waals surface area contributed by atoms with Crippen LogP contribution in [0.25, 0.3) is 0 Å². The number of hydrogen-bond acceptors (Lipinski definition) is 4. The average Bonchev–Trinajstić information content (AvgIpc) is 2.83. The standard InChI is InChI=1S/C27H37FN2O4/c1-5-8-17-29-27(32)20(4)30(19-22-11-9-10-12-23(22)28)26(31)16-14-21-13-15-24(33-6-2)25(18-21)34-7-3/h9-13,15,18,20H,5-8,14,16-17,19H2,1-4H3,(H,29,32)/t20-/m1/s1. The van der Waals surface area contributed by atoms with E-state index in [1.165, 1.54) is 11.0 Å². The van der Waals surface area contributed by atoms with E-state index in [1.54, 1.807) is 25.1 Å². The number of ether oxygens (including phenoxy) is 2. The molecule has 0 heterocycles. The Kier molecular flexibility index (Phi) is 11.4. The summed E-state index contributed by atoms with van der Waals surface area (Å²) in [6.45, 7) is 9.15. The van der Waals surface area contributed by atoms with E-state index >= 15 is 0 Å². The maximum atomic E-state index is 14.3. The zero-order chi connectivity index (χ0) is 24.9. The molecule has 0 aromatic heterocycles. The lowest BCUT2D eigenvalue weighted by atomic mass is 10.1. The van der Waals surface area contributed by atoms with Crippen molar-refractivity contribution in [1.82, 2.24) is 10.2 Å². The van der Waals surface area contributed by atoms with Crippen LogP contribution < -0.4 is 14.8 Å². The molecule has 0 saturated carbocycles. The normalized spacial score (nSPS) is 11.6. The van der Waals surface area contributed by atoms with Crippen molar-refractivity contribution < 1.29 is 23.5 Å². The van der Waals surface area contributed by atoms with E-state index in [9.17, 15) is 14.0 Å². The van der Waals surface area contributed by atoms with E-state index in [0.717, 1.165) is 18.4 Å². The van der Waals surface area contributed by atoms with Gasteiger partial charge in [-0.25, -0.2) is 4.39 Å². The van der Waals surface area contributed by atoms with E-state index in [1.807, 2.05) is 39.0 Å². The summed E-state index contributed by atoms with van der Waals surface area (Å²) < 4.78 is 25.6. The summed E-state index contributed by atoms with van der Waals surface area (Å²) in [5.41, 5.74) is 1.30. The molecule has 2 aromatic rings. The van der Waals surface area contributed by atoms with Crippen molar-refractivity contribution in [1.29, 1.82) is 0 Å². The Morgan fingerprint density at radius 1 is 1.03 bits per heavy atom. The van der Waals surface area contributed by atoms with Gasteiger partial charge in [0.25, 0.3) is 0 Å². The number of carbonyl (C=O) groups excluding carboxylic acids is 2. The number of rotatable bonds is 14. The molecule has 7 heteroatoms. The molecule has 0 radical (unpaired) electrons. The van der Waals surface area contributed by atoms with Gasteiger partial charge < -0.3 is 19.7 Å². The molecule has 2 amide bonds. The average molecular weight is 473 g/mol. The molecule has 1 atom stereocenters. The smallest absolute Gasteiger partial charge is 0.242 e. The first-order valence-electron chi connectivity index (χ1n) is 12.1. The number of nitrogens with zero attached hydrogens (tertiary/aromatic N) is 1. The van der Waals surface area contributed by atoms with Gasteiger partial charge in [0.15, 0.2) is 11.5 Å². The lowest BCUT2D eigenvalue weighted by Gasteiger charge is -2.29. The molecular formula is C27H37FN2O4. The first-order valence-corrected chi connectivity index (χ1v) is 12.1. The largest absolute Gasteiger partial charge is 0.490 e. The second-order valence-corrected chi connectivity index (χ2v) is 8.08. The van der Waals surface area contributed by atoms with Crippen molar-refractivity contribution in [2.45, 2.75) is 66.0 Å². The van der Waals surface area contributed by atoms with Gasteiger partial charge in [0.1, 0.15) is 11.9 Å². The summed E-state index contributed by atoms with van der Waals surface area (Å²) in [4.78, 5) is 27.4. The molecule has 34 heavy (non-hydrogen) atoms. The molecule has 186 valence electrons. The van der Waals surface area contributed by atoms with Crippen molar-refractivity contribution in [2.24, 2.45) is 0 Å². The van der Waals surface area contributed by atoms with Gasteiger partial charge >= 0.3 is 0 Å². The van der Waals surface area contributed by atoms with Gasteiger partial charge in [0.05, 0.1) is 13.2 Å². The van der Waals surface area contributed by atoms with Crippen LogP contribution >= 0.6 is 0 Å². The number of unbranched alkanes of at least 4 members (excludes halogenated alkanes) is 1. The molecule has 0 bridgehead atoms. The predicted octanol–water partition coefficient (Wildman–Crippen LogP) is 4.89. The Balaban J connectivity index is 2.16. The minimum atomic E-state index is -0.719. The van der Waals surface area contributed by atoms with Gasteiger partial charge in [0, 0.05) is 25.1 Å². The Morgan fingerprint density at radius 2 is 1.74 bits per heavy atom. The quantitative estimate of drug-likeness (QED) is 0.398. The van der Waals surface area contributed by atoms with Gasteiger partial charge in [0.2, 0.25) is 11.8 Å². The third kappa shape index (κ3) is 8.04. The molecule has 0 aliphatic heterocycles. The zero-order valence-electron chi connectivity index (χ0n) is 20.7. The van der Waals surface area contributed by atoms with Crippen LogP contribution in [0.1, 0.15) is 58.1 Å². The third-order valence-electron chi connectivity index (χ3n) is 5.53. The monoisotopic (exact) mass is 472 g/mol. The minimum Gasteiger partial charge on any atom is -0.490 e. The maximum Gasteiger partial charge on any atom is 0.242 e. The second-order valence-electron chi connectivity index (χ2n) is 8.08. The van der Waals surface area contributed by atoms with E-state index < -0.39 is 11.9 Å². The van der Waals surface area contributed by atoms with Crippen LogP contribution in [-0.2, 0) is 22.6 Å². The Bertz CT molecular complexity index is 935. The summed E-state index contributed by atoms with van der Waals surface area (Å²) >= 11 is 0. The Hall–Kier alpha value is -3.09. The van der Waals surface area contributed by atoms with Gasteiger partial charge in [-0.1, -0.05) is 37.6 Å². The number of nitrogens with one attached hydrogen (secondary N) is 1. The lowest BCUT2D eigenvalue weighted by molar-refractivity contribution is -0.140. The molecule has 0 aliphatic carbocycles. The Labute approximate surface area is 202 Å². The molecule has 0 fully saturated rings. The van der Waals surface area contributed by atoms with Crippen LogP contribution in [0.5, 0.6) is 11.5 Å². The number of benzene rings is 2. The van der Waals surface area contributed by atoms with Crippen molar-refractivity contribution >= 4 is 11.8 Å². The number of carbonyl (C=O) groups is 2. The molecule has 0 aliphatic rings. The van der Waals surface area contributed by atoms with Crippen molar-refractivity contribution in [3.05, 3.63) is 59.4 Å². The fourth-order valence-electron chi connectivity index (χ4n) is 3.57. The predicted molar refractivity (Wildman–Crippen MR) is 131 cm³/mol. The number of amides is 2. The van der Waals surface area contributed by atoms with E-state index in [0.29, 0.717) is 43.2 Å². The summed E-state index contributed by atoms with van der Waals surface area (Å²) in [6.07, 6.45) is 2.46. The SMILES string of the molecule is CCCCNC(=O)[C@@H](C)N(Cc1ccccc1F)C(=O)CCc1ccc(OCC)c(OCC)c1. The van der Waals surface area contributed by atoms with Crippen molar-refractivity contribution in [2.75, 3.05) is 19.8 Å². The molecule has 0 saturated heterocycles. The van der Waals surface area contributed by atoms with Crippen LogP contribution in [0.15, 0.2) is 42.5 Å². The molecule has 6 nitrogen and oxygen atoms in total. The highest BCUT2D eigenvalue weighted by Crippen LogP contribution is 2.29. The Morgan fingerprint density at radius 3 is 2.41 bits per heavy atom. The highest BCUT2D eigenvalue weighted by atomic mass is 19.1. The van der Waals surface area contributed by atoms with Crippen molar-refractivity contribution in [3.63, 3.8) is 0 Å². The van der Waals surface area contributed by atoms with Crippen LogP contribution in [0.2, 0.25) is 0 Å². The number of halogens is 1.